The summed E-state index contributed by atoms with van der Waals surface area (Å²) in [5.41, 5.74) is 2.35. The van der Waals surface area contributed by atoms with Crippen molar-refractivity contribution < 1.29 is 4.79 Å². The highest BCUT2D eigenvalue weighted by molar-refractivity contribution is 5.91. The average Bonchev–Trinajstić information content (AvgIpc) is 2.68. The zero-order chi connectivity index (χ0) is 17.5. The monoisotopic (exact) mass is 335 g/mol. The number of pyridine rings is 1. The molecule has 0 saturated carbocycles. The number of piperidine rings is 1. The molecule has 2 heterocycles. The molecule has 1 amide bonds. The molecule has 3 rings (SSSR count). The van der Waals surface area contributed by atoms with Crippen molar-refractivity contribution in [2.24, 2.45) is 0 Å². The Labute approximate surface area is 149 Å². The van der Waals surface area contributed by atoms with Crippen LogP contribution in [-0.2, 0) is 11.3 Å². The first-order chi connectivity index (χ1) is 12.2. The Hall–Kier alpha value is -2.46. The van der Waals surface area contributed by atoms with E-state index in [4.69, 9.17) is 0 Å². The molecule has 0 bridgehead atoms. The maximum atomic E-state index is 12.4. The molecule has 1 aliphatic rings. The van der Waals surface area contributed by atoms with Gasteiger partial charge in [0.25, 0.3) is 0 Å². The van der Waals surface area contributed by atoms with Gasteiger partial charge in [0, 0.05) is 51.2 Å². The van der Waals surface area contributed by atoms with Gasteiger partial charge in [-0.25, -0.2) is 0 Å². The number of hydrogen-bond acceptors (Lipinski definition) is 3. The van der Waals surface area contributed by atoms with Gasteiger partial charge >= 0.3 is 0 Å². The molecule has 1 aromatic heterocycles. The largest absolute Gasteiger partial charge is 0.339 e. The minimum atomic E-state index is 0.0800. The first-order valence-electron chi connectivity index (χ1n) is 8.83. The second kappa shape index (κ2) is 8.58. The summed E-state index contributed by atoms with van der Waals surface area (Å²) in [7, 11) is 1.92. The van der Waals surface area contributed by atoms with E-state index in [9.17, 15) is 4.79 Å². The molecule has 4 nitrogen and oxygen atoms in total. The number of hydrogen-bond donors (Lipinski definition) is 0. The lowest BCUT2D eigenvalue weighted by molar-refractivity contribution is -0.127. The molecule has 1 aromatic carbocycles. The molecule has 1 fully saturated rings. The standard InChI is InChI=1S/C21H25N3O/c1-23(21(25)8-7-18-5-3-2-4-6-18)20-11-15-24(16-12-20)17-19-9-13-22-14-10-19/h2-10,13-14,20H,11-12,15-17H2,1H3. The fourth-order valence-electron chi connectivity index (χ4n) is 3.24. The van der Waals surface area contributed by atoms with Crippen LogP contribution in [0.25, 0.3) is 6.08 Å². The molecule has 25 heavy (non-hydrogen) atoms. The van der Waals surface area contributed by atoms with Crippen LogP contribution in [0.1, 0.15) is 24.0 Å². The highest BCUT2D eigenvalue weighted by Crippen LogP contribution is 2.18. The molecule has 4 heteroatoms. The molecule has 0 unspecified atom stereocenters. The fraction of sp³-hybridized carbons (Fsp3) is 0.333. The van der Waals surface area contributed by atoms with Crippen LogP contribution >= 0.6 is 0 Å². The first kappa shape index (κ1) is 17.4. The fourth-order valence-corrected chi connectivity index (χ4v) is 3.24. The Kier molecular flexibility index (Phi) is 5.96. The number of amides is 1. The second-order valence-corrected chi connectivity index (χ2v) is 6.56. The third-order valence-corrected chi connectivity index (χ3v) is 4.83. The molecule has 0 aliphatic carbocycles. The number of rotatable bonds is 5. The van der Waals surface area contributed by atoms with E-state index in [1.807, 2.05) is 60.7 Å². The highest BCUT2D eigenvalue weighted by atomic mass is 16.2. The summed E-state index contributed by atoms with van der Waals surface area (Å²) in [6.45, 7) is 3.00. The van der Waals surface area contributed by atoms with Gasteiger partial charge in [0.15, 0.2) is 0 Å². The minimum absolute atomic E-state index is 0.0800. The van der Waals surface area contributed by atoms with E-state index >= 15 is 0 Å². The van der Waals surface area contributed by atoms with E-state index < -0.39 is 0 Å². The van der Waals surface area contributed by atoms with Gasteiger partial charge in [-0.1, -0.05) is 30.3 Å². The van der Waals surface area contributed by atoms with Crippen LogP contribution in [0.3, 0.4) is 0 Å². The van der Waals surface area contributed by atoms with E-state index in [2.05, 4.69) is 22.0 Å². The SMILES string of the molecule is CN(C(=O)C=Cc1ccccc1)C1CCN(Cc2ccncc2)CC1. The first-order valence-corrected chi connectivity index (χ1v) is 8.83. The van der Waals surface area contributed by atoms with Crippen LogP contribution in [0, 0.1) is 0 Å². The lowest BCUT2D eigenvalue weighted by Gasteiger charge is -2.36. The molecule has 0 atom stereocenters. The molecular weight excluding hydrogens is 310 g/mol. The van der Waals surface area contributed by atoms with Crippen LogP contribution in [0.5, 0.6) is 0 Å². The quantitative estimate of drug-likeness (QED) is 0.787. The zero-order valence-electron chi connectivity index (χ0n) is 14.7. The number of likely N-dealkylation sites (tertiary alicyclic amines) is 1. The third-order valence-electron chi connectivity index (χ3n) is 4.83. The number of likely N-dealkylation sites (N-methyl/N-ethyl adjacent to an activating group) is 1. The number of aromatic nitrogens is 1. The Bertz CT molecular complexity index is 692. The smallest absolute Gasteiger partial charge is 0.246 e. The van der Waals surface area contributed by atoms with Crippen LogP contribution < -0.4 is 0 Å². The Morgan fingerprint density at radius 1 is 1.16 bits per heavy atom. The lowest BCUT2D eigenvalue weighted by Crippen LogP contribution is -2.44. The van der Waals surface area contributed by atoms with Gasteiger partial charge in [-0.2, -0.15) is 0 Å². The summed E-state index contributed by atoms with van der Waals surface area (Å²) in [5.74, 6) is 0.0800. The molecule has 0 spiro atoms. The van der Waals surface area contributed by atoms with Gasteiger partial charge in [0.1, 0.15) is 0 Å². The average molecular weight is 335 g/mol. The Morgan fingerprint density at radius 3 is 2.52 bits per heavy atom. The second-order valence-electron chi connectivity index (χ2n) is 6.56. The number of carbonyl (C=O) groups is 1. The third kappa shape index (κ3) is 5.00. The van der Waals surface area contributed by atoms with Gasteiger partial charge < -0.3 is 4.90 Å². The molecular formula is C21H25N3O. The summed E-state index contributed by atoms with van der Waals surface area (Å²) in [6, 6.07) is 14.4. The van der Waals surface area contributed by atoms with Gasteiger partial charge in [0.05, 0.1) is 0 Å². The molecule has 1 aliphatic heterocycles. The summed E-state index contributed by atoms with van der Waals surface area (Å²) < 4.78 is 0. The van der Waals surface area contributed by atoms with Crippen molar-refractivity contribution in [1.82, 2.24) is 14.8 Å². The van der Waals surface area contributed by atoms with Gasteiger partial charge in [-0.05, 0) is 42.2 Å². The topological polar surface area (TPSA) is 36.4 Å². The van der Waals surface area contributed by atoms with E-state index in [1.165, 1.54) is 5.56 Å². The molecule has 0 N–H and O–H groups in total. The number of benzene rings is 1. The Balaban J connectivity index is 1.48. The minimum Gasteiger partial charge on any atom is -0.339 e. The van der Waals surface area contributed by atoms with Crippen molar-refractivity contribution in [2.75, 3.05) is 20.1 Å². The van der Waals surface area contributed by atoms with Crippen LogP contribution in [-0.4, -0.2) is 46.9 Å². The van der Waals surface area contributed by atoms with Gasteiger partial charge in [-0.3, -0.25) is 14.7 Å². The van der Waals surface area contributed by atoms with Crippen molar-refractivity contribution in [1.29, 1.82) is 0 Å². The van der Waals surface area contributed by atoms with Crippen molar-refractivity contribution >= 4 is 12.0 Å². The summed E-state index contributed by atoms with van der Waals surface area (Å²) in [5, 5.41) is 0. The van der Waals surface area contributed by atoms with Crippen LogP contribution in [0.15, 0.2) is 60.9 Å². The van der Waals surface area contributed by atoms with E-state index in [-0.39, 0.29) is 5.91 Å². The molecule has 0 radical (unpaired) electrons. The predicted octanol–water partition coefficient (Wildman–Crippen LogP) is 3.22. The molecule has 2 aromatic rings. The van der Waals surface area contributed by atoms with Crippen LogP contribution in [0.4, 0.5) is 0 Å². The van der Waals surface area contributed by atoms with Crippen molar-refractivity contribution in [3.63, 3.8) is 0 Å². The van der Waals surface area contributed by atoms with Crippen molar-refractivity contribution in [3.8, 4) is 0 Å². The maximum Gasteiger partial charge on any atom is 0.246 e. The Morgan fingerprint density at radius 2 is 1.84 bits per heavy atom. The summed E-state index contributed by atoms with van der Waals surface area (Å²) in [4.78, 5) is 20.8. The van der Waals surface area contributed by atoms with E-state index in [0.29, 0.717) is 6.04 Å². The zero-order valence-corrected chi connectivity index (χ0v) is 14.7. The summed E-state index contributed by atoms with van der Waals surface area (Å²) in [6.07, 6.45) is 9.29. The number of carbonyl (C=O) groups excluding carboxylic acids is 1. The molecule has 130 valence electrons. The van der Waals surface area contributed by atoms with Gasteiger partial charge in [-0.15, -0.1) is 0 Å². The predicted molar refractivity (Wildman–Crippen MR) is 101 cm³/mol. The van der Waals surface area contributed by atoms with E-state index in [0.717, 1.165) is 38.0 Å². The highest BCUT2D eigenvalue weighted by Gasteiger charge is 2.24. The lowest BCUT2D eigenvalue weighted by atomic mass is 10.0. The number of nitrogens with zero attached hydrogens (tertiary/aromatic N) is 3. The normalized spacial score (nSPS) is 16.2. The maximum absolute atomic E-state index is 12.4. The molecule has 1 saturated heterocycles. The van der Waals surface area contributed by atoms with Crippen molar-refractivity contribution in [3.05, 3.63) is 72.1 Å². The van der Waals surface area contributed by atoms with Crippen molar-refractivity contribution in [2.45, 2.75) is 25.4 Å². The van der Waals surface area contributed by atoms with E-state index in [1.54, 1.807) is 6.08 Å². The summed E-state index contributed by atoms with van der Waals surface area (Å²) >= 11 is 0. The van der Waals surface area contributed by atoms with Crippen LogP contribution in [0.2, 0.25) is 0 Å². The van der Waals surface area contributed by atoms with Gasteiger partial charge in [0.2, 0.25) is 5.91 Å².